The summed E-state index contributed by atoms with van der Waals surface area (Å²) in [6.45, 7) is 4.55. The fraction of sp³-hybridized carbons (Fsp3) is 0.700. The minimum Gasteiger partial charge on any atom is -0.395 e. The zero-order chi connectivity index (χ0) is 11.7. The van der Waals surface area contributed by atoms with E-state index in [0.717, 1.165) is 0 Å². The Labute approximate surface area is 90.5 Å². The Bertz CT molecular complexity index is 193. The summed E-state index contributed by atoms with van der Waals surface area (Å²) in [6.07, 6.45) is 1.60. The number of aliphatic hydroxyl groups excluding tert-OH is 1. The predicted molar refractivity (Wildman–Crippen MR) is 58.3 cm³/mol. The van der Waals surface area contributed by atoms with Gasteiger partial charge >= 0.3 is 0 Å². The Morgan fingerprint density at radius 2 is 2.40 bits per heavy atom. The second kappa shape index (κ2) is 8.40. The van der Waals surface area contributed by atoms with Crippen molar-refractivity contribution in [1.29, 1.82) is 0 Å². The van der Waals surface area contributed by atoms with Crippen LogP contribution in [-0.2, 0) is 9.53 Å². The van der Waals surface area contributed by atoms with Gasteiger partial charge < -0.3 is 20.5 Å². The van der Waals surface area contributed by atoms with Crippen molar-refractivity contribution in [3.8, 4) is 0 Å². The van der Waals surface area contributed by atoms with E-state index in [1.54, 1.807) is 6.08 Å². The molecule has 0 aromatic rings. The summed E-state index contributed by atoms with van der Waals surface area (Å²) in [5.74, 6) is -0.0822. The average molecular weight is 216 g/mol. The maximum Gasteiger partial charge on any atom is 0.225 e. The largest absolute Gasteiger partial charge is 0.395 e. The summed E-state index contributed by atoms with van der Waals surface area (Å²) >= 11 is 0. The summed E-state index contributed by atoms with van der Waals surface area (Å²) in [6, 6.07) is 0. The Hall–Kier alpha value is -0.910. The molecule has 0 saturated heterocycles. The van der Waals surface area contributed by atoms with E-state index in [9.17, 15) is 4.79 Å². The number of hydrogen-bond acceptors (Lipinski definition) is 4. The van der Waals surface area contributed by atoms with Gasteiger partial charge in [0.2, 0.25) is 5.91 Å². The monoisotopic (exact) mass is 216 g/mol. The summed E-state index contributed by atoms with van der Waals surface area (Å²) in [7, 11) is 1.52. The van der Waals surface area contributed by atoms with E-state index < -0.39 is 0 Å². The molecule has 0 saturated carbocycles. The van der Waals surface area contributed by atoms with E-state index in [1.165, 1.54) is 12.0 Å². The average Bonchev–Trinajstić information content (AvgIpc) is 2.25. The van der Waals surface area contributed by atoms with Crippen LogP contribution in [0.1, 0.15) is 6.42 Å². The molecule has 0 aromatic heterocycles. The van der Waals surface area contributed by atoms with Crippen LogP contribution in [0.25, 0.3) is 0 Å². The molecular formula is C10H20N2O3. The first-order valence-electron chi connectivity index (χ1n) is 4.92. The molecule has 5 heteroatoms. The SMILES string of the molecule is C=CCN(CCO)C(=O)CC(CN)OC. The highest BCUT2D eigenvalue weighted by atomic mass is 16.5. The van der Waals surface area contributed by atoms with Gasteiger partial charge in [0.25, 0.3) is 0 Å². The van der Waals surface area contributed by atoms with Crippen LogP contribution in [0.3, 0.4) is 0 Å². The van der Waals surface area contributed by atoms with Gasteiger partial charge in [-0.25, -0.2) is 0 Å². The summed E-state index contributed by atoms with van der Waals surface area (Å²) in [5.41, 5.74) is 5.41. The normalized spacial score (nSPS) is 12.2. The van der Waals surface area contributed by atoms with Crippen molar-refractivity contribution in [3.05, 3.63) is 12.7 Å². The maximum atomic E-state index is 11.7. The van der Waals surface area contributed by atoms with E-state index in [1.807, 2.05) is 0 Å². The number of rotatable bonds is 8. The van der Waals surface area contributed by atoms with Crippen molar-refractivity contribution < 1.29 is 14.6 Å². The highest BCUT2D eigenvalue weighted by molar-refractivity contribution is 5.76. The number of nitrogens with two attached hydrogens (primary N) is 1. The molecule has 0 rings (SSSR count). The quantitative estimate of drug-likeness (QED) is 0.529. The molecule has 0 spiro atoms. The summed E-state index contributed by atoms with van der Waals surface area (Å²) < 4.78 is 5.02. The smallest absolute Gasteiger partial charge is 0.225 e. The Kier molecular flexibility index (Phi) is 7.89. The molecule has 1 atom stereocenters. The number of aliphatic hydroxyl groups is 1. The van der Waals surface area contributed by atoms with E-state index in [-0.39, 0.29) is 25.0 Å². The van der Waals surface area contributed by atoms with Gasteiger partial charge in [-0.05, 0) is 0 Å². The van der Waals surface area contributed by atoms with Gasteiger partial charge in [0.05, 0.1) is 19.1 Å². The van der Waals surface area contributed by atoms with Crippen LogP contribution in [0.4, 0.5) is 0 Å². The zero-order valence-corrected chi connectivity index (χ0v) is 9.19. The third kappa shape index (κ3) is 5.51. The molecule has 5 nitrogen and oxygen atoms in total. The number of carbonyl (C=O) groups excluding carboxylic acids is 1. The summed E-state index contributed by atoms with van der Waals surface area (Å²) in [5, 5.41) is 8.78. The molecule has 0 radical (unpaired) electrons. The number of carbonyl (C=O) groups is 1. The first-order chi connectivity index (χ1) is 7.19. The van der Waals surface area contributed by atoms with Crippen LogP contribution >= 0.6 is 0 Å². The molecule has 0 aliphatic heterocycles. The van der Waals surface area contributed by atoms with Gasteiger partial charge in [-0.15, -0.1) is 6.58 Å². The molecule has 88 valence electrons. The van der Waals surface area contributed by atoms with Crippen LogP contribution in [-0.4, -0.2) is 55.4 Å². The van der Waals surface area contributed by atoms with Crippen molar-refractivity contribution in [2.24, 2.45) is 5.73 Å². The number of nitrogens with zero attached hydrogens (tertiary/aromatic N) is 1. The fourth-order valence-electron chi connectivity index (χ4n) is 1.18. The highest BCUT2D eigenvalue weighted by Crippen LogP contribution is 2.01. The van der Waals surface area contributed by atoms with Crippen LogP contribution in [0.2, 0.25) is 0 Å². The number of hydrogen-bond donors (Lipinski definition) is 2. The van der Waals surface area contributed by atoms with Crippen LogP contribution < -0.4 is 5.73 Å². The molecule has 0 heterocycles. The van der Waals surface area contributed by atoms with Gasteiger partial charge in [0, 0.05) is 26.7 Å². The fourth-order valence-corrected chi connectivity index (χ4v) is 1.18. The molecule has 0 aliphatic carbocycles. The lowest BCUT2D eigenvalue weighted by Crippen LogP contribution is -2.37. The molecule has 0 bridgehead atoms. The Morgan fingerprint density at radius 1 is 1.73 bits per heavy atom. The van der Waals surface area contributed by atoms with Gasteiger partial charge in [0.1, 0.15) is 0 Å². The Morgan fingerprint density at radius 3 is 2.80 bits per heavy atom. The van der Waals surface area contributed by atoms with Crippen LogP contribution in [0.5, 0.6) is 0 Å². The topological polar surface area (TPSA) is 75.8 Å². The standard InChI is InChI=1S/C10H20N2O3/c1-3-4-12(5-6-13)10(14)7-9(8-11)15-2/h3,9,13H,1,4-8,11H2,2H3. The second-order valence-electron chi connectivity index (χ2n) is 3.15. The lowest BCUT2D eigenvalue weighted by Gasteiger charge is -2.22. The van der Waals surface area contributed by atoms with Crippen molar-refractivity contribution in [2.75, 3.05) is 33.4 Å². The third-order valence-corrected chi connectivity index (χ3v) is 2.07. The van der Waals surface area contributed by atoms with Gasteiger partial charge in [-0.2, -0.15) is 0 Å². The minimum absolute atomic E-state index is 0.0557. The maximum absolute atomic E-state index is 11.7. The first-order valence-corrected chi connectivity index (χ1v) is 4.92. The number of amides is 1. The molecule has 3 N–H and O–H groups in total. The lowest BCUT2D eigenvalue weighted by atomic mass is 10.2. The van der Waals surface area contributed by atoms with Gasteiger partial charge in [-0.1, -0.05) is 6.08 Å². The summed E-state index contributed by atoms with van der Waals surface area (Å²) in [4.78, 5) is 13.2. The third-order valence-electron chi connectivity index (χ3n) is 2.07. The molecule has 15 heavy (non-hydrogen) atoms. The van der Waals surface area contributed by atoms with Crippen LogP contribution in [0, 0.1) is 0 Å². The highest BCUT2D eigenvalue weighted by Gasteiger charge is 2.16. The molecule has 1 amide bonds. The molecule has 0 aromatic carbocycles. The van der Waals surface area contributed by atoms with Crippen molar-refractivity contribution in [2.45, 2.75) is 12.5 Å². The predicted octanol–water partition coefficient (Wildman–Crippen LogP) is -0.643. The molecule has 0 aliphatic rings. The van der Waals surface area contributed by atoms with E-state index in [4.69, 9.17) is 15.6 Å². The molecular weight excluding hydrogens is 196 g/mol. The van der Waals surface area contributed by atoms with Gasteiger partial charge in [-0.3, -0.25) is 4.79 Å². The minimum atomic E-state index is -0.261. The zero-order valence-electron chi connectivity index (χ0n) is 9.19. The van der Waals surface area contributed by atoms with E-state index in [0.29, 0.717) is 19.6 Å². The molecule has 1 unspecified atom stereocenters. The van der Waals surface area contributed by atoms with Crippen molar-refractivity contribution in [1.82, 2.24) is 4.90 Å². The first kappa shape index (κ1) is 14.1. The van der Waals surface area contributed by atoms with E-state index in [2.05, 4.69) is 6.58 Å². The van der Waals surface area contributed by atoms with Crippen molar-refractivity contribution >= 4 is 5.91 Å². The number of methoxy groups -OCH3 is 1. The van der Waals surface area contributed by atoms with E-state index >= 15 is 0 Å². The number of ether oxygens (including phenoxy) is 1. The van der Waals surface area contributed by atoms with Gasteiger partial charge in [0.15, 0.2) is 0 Å². The van der Waals surface area contributed by atoms with Crippen LogP contribution in [0.15, 0.2) is 12.7 Å². The molecule has 0 fully saturated rings. The lowest BCUT2D eigenvalue weighted by molar-refractivity contribution is -0.133. The van der Waals surface area contributed by atoms with Crippen molar-refractivity contribution in [3.63, 3.8) is 0 Å². The second-order valence-corrected chi connectivity index (χ2v) is 3.15. The Balaban J connectivity index is 4.16.